The highest BCUT2D eigenvalue weighted by atomic mass is 32.2. The summed E-state index contributed by atoms with van der Waals surface area (Å²) in [7, 11) is -2.16. The quantitative estimate of drug-likeness (QED) is 0.258. The van der Waals surface area contributed by atoms with Crippen molar-refractivity contribution >= 4 is 49.6 Å². The largest absolute Gasteiger partial charge is 0.435 e. The summed E-state index contributed by atoms with van der Waals surface area (Å²) in [4.78, 5) is 32.4. The van der Waals surface area contributed by atoms with Gasteiger partial charge in [-0.1, -0.05) is 6.07 Å². The minimum absolute atomic E-state index is 0.00700. The lowest BCUT2D eigenvalue weighted by Crippen LogP contribution is -2.35. The number of rotatable bonds is 6. The molecule has 1 atom stereocenters. The summed E-state index contributed by atoms with van der Waals surface area (Å²) in [5.74, 6) is -1.57. The third-order valence-electron chi connectivity index (χ3n) is 8.08. The van der Waals surface area contributed by atoms with Crippen LogP contribution in [0.4, 0.5) is 30.4 Å². The van der Waals surface area contributed by atoms with Gasteiger partial charge in [0, 0.05) is 42.2 Å². The van der Waals surface area contributed by atoms with Crippen molar-refractivity contribution in [1.29, 1.82) is 0 Å². The molecule has 0 spiro atoms. The number of anilines is 3. The normalized spacial score (nSPS) is 17.5. The fourth-order valence-corrected chi connectivity index (χ4v) is 7.46. The second kappa shape index (κ2) is 12.2. The molecule has 3 aromatic carbocycles. The second-order valence-electron chi connectivity index (χ2n) is 11.4. The van der Waals surface area contributed by atoms with Gasteiger partial charge in [-0.15, -0.1) is 0 Å². The molecule has 0 saturated heterocycles. The zero-order valence-electron chi connectivity index (χ0n) is 24.6. The minimum atomic E-state index is -3.67. The van der Waals surface area contributed by atoms with Gasteiger partial charge in [-0.2, -0.15) is 8.78 Å². The molecule has 240 valence electrons. The molecule has 1 aromatic heterocycles. The van der Waals surface area contributed by atoms with Crippen LogP contribution in [-0.4, -0.2) is 49.0 Å². The number of benzene rings is 3. The van der Waals surface area contributed by atoms with E-state index in [4.69, 9.17) is 10.5 Å². The molecule has 4 aromatic rings. The number of alkyl halides is 2. The number of hydrogen-bond acceptors (Lipinski definition) is 8. The van der Waals surface area contributed by atoms with E-state index >= 15 is 0 Å². The van der Waals surface area contributed by atoms with Crippen LogP contribution in [0.25, 0.3) is 10.8 Å². The summed E-state index contributed by atoms with van der Waals surface area (Å²) in [6.07, 6.45) is 1.96. The number of carbonyl (C=O) groups is 2. The number of likely N-dealkylation sites (N-methyl/N-ethyl adjacent to an activating group) is 1. The molecule has 2 aliphatic rings. The first kappa shape index (κ1) is 31.1. The zero-order valence-corrected chi connectivity index (χ0v) is 25.4. The van der Waals surface area contributed by atoms with Gasteiger partial charge < -0.3 is 26.0 Å². The predicted octanol–water partition coefficient (Wildman–Crippen LogP) is 5.19. The second-order valence-corrected chi connectivity index (χ2v) is 13.6. The van der Waals surface area contributed by atoms with Crippen LogP contribution < -0.4 is 21.1 Å². The van der Waals surface area contributed by atoms with Gasteiger partial charge in [0.1, 0.15) is 23.4 Å². The van der Waals surface area contributed by atoms with Crippen molar-refractivity contribution < 1.29 is 35.9 Å². The van der Waals surface area contributed by atoms with Crippen LogP contribution in [0.1, 0.15) is 42.0 Å². The lowest BCUT2D eigenvalue weighted by atomic mass is 9.98. The number of aryl methyl sites for hydroxylation is 1. The van der Waals surface area contributed by atoms with Gasteiger partial charge in [-0.25, -0.2) is 17.8 Å². The van der Waals surface area contributed by atoms with Gasteiger partial charge in [0.2, 0.25) is 11.8 Å². The number of pyridine rings is 1. The van der Waals surface area contributed by atoms with Crippen molar-refractivity contribution in [3.05, 3.63) is 83.3 Å². The van der Waals surface area contributed by atoms with Gasteiger partial charge >= 0.3 is 6.61 Å². The monoisotopic (exact) mass is 653 g/mol. The molecule has 4 bridgehead atoms. The molecule has 46 heavy (non-hydrogen) atoms. The lowest BCUT2D eigenvalue weighted by molar-refractivity contribution is -0.131. The third-order valence-corrected chi connectivity index (χ3v) is 10.4. The summed E-state index contributed by atoms with van der Waals surface area (Å²) in [5.41, 5.74) is 7.53. The van der Waals surface area contributed by atoms with Crippen LogP contribution >= 0.6 is 0 Å². The van der Waals surface area contributed by atoms with E-state index in [1.54, 1.807) is 12.1 Å². The smallest absolute Gasteiger partial charge is 0.387 e. The lowest BCUT2D eigenvalue weighted by Gasteiger charge is -2.28. The number of amides is 2. The third kappa shape index (κ3) is 6.29. The Morgan fingerprint density at radius 2 is 1.80 bits per heavy atom. The van der Waals surface area contributed by atoms with E-state index in [0.717, 1.165) is 6.20 Å². The standard InChI is InChI=1S/C32H30F3N5O5S/c1-40-16-19-13-20(5-10-27(19)46(43,44)22-6-7-22)38-28(41)11-3-17-12-18(2-9-26(17)45-32(34)35)29(31(40)42)39-21-4-8-23-24(14-21)25(33)15-37-30(23)36/h2,4-5,8-10,12-15,22,29,32,39H,3,6-7,11,16H2,1H3,(H2,36,37)(H,38,41)/t29-/m1/s1. The number of nitrogens with zero attached hydrogens (tertiary/aromatic N) is 2. The van der Waals surface area contributed by atoms with Crippen LogP contribution in [0, 0.1) is 5.82 Å². The van der Waals surface area contributed by atoms with Gasteiger partial charge in [-0.05, 0) is 84.5 Å². The first-order chi connectivity index (χ1) is 21.9. The summed E-state index contributed by atoms with van der Waals surface area (Å²) in [6.45, 7) is -3.25. The van der Waals surface area contributed by atoms with Crippen molar-refractivity contribution in [3.63, 3.8) is 0 Å². The Morgan fingerprint density at radius 1 is 1.02 bits per heavy atom. The number of nitrogens with two attached hydrogens (primary N) is 1. The average Bonchev–Trinajstić information content (AvgIpc) is 3.87. The topological polar surface area (TPSA) is 144 Å². The molecule has 1 aliphatic carbocycles. The molecule has 6 rings (SSSR count). The first-order valence-electron chi connectivity index (χ1n) is 14.5. The van der Waals surface area contributed by atoms with Gasteiger partial charge in [0.05, 0.1) is 16.3 Å². The maximum atomic E-state index is 14.7. The molecule has 0 unspecified atom stereocenters. The van der Waals surface area contributed by atoms with Crippen molar-refractivity contribution in [2.24, 2.45) is 0 Å². The molecule has 2 heterocycles. The van der Waals surface area contributed by atoms with E-state index in [1.807, 2.05) is 0 Å². The van der Waals surface area contributed by atoms with Gasteiger partial charge in [0.15, 0.2) is 9.84 Å². The van der Waals surface area contributed by atoms with E-state index in [9.17, 15) is 31.2 Å². The Balaban J connectivity index is 1.45. The number of nitrogens with one attached hydrogen (secondary N) is 2. The average molecular weight is 654 g/mol. The number of nitrogen functional groups attached to an aromatic ring is 1. The highest BCUT2D eigenvalue weighted by Crippen LogP contribution is 2.37. The fraction of sp³-hybridized carbons (Fsp3) is 0.281. The zero-order chi connectivity index (χ0) is 32.7. The molecule has 10 nitrogen and oxygen atoms in total. The Morgan fingerprint density at radius 3 is 2.54 bits per heavy atom. The van der Waals surface area contributed by atoms with Crippen LogP contribution in [0.5, 0.6) is 5.75 Å². The summed E-state index contributed by atoms with van der Waals surface area (Å²) >= 11 is 0. The SMILES string of the molecule is CN1Cc2cc(ccc2S(=O)(=O)C2CC2)NC(=O)CCc2cc(ccc2OC(F)F)[C@@H](Nc2ccc3c(N)ncc(F)c3c2)C1=O. The summed E-state index contributed by atoms with van der Waals surface area (Å²) in [5, 5.41) is 5.90. The Labute approximate surface area is 262 Å². The Kier molecular flexibility index (Phi) is 8.23. The number of sulfone groups is 1. The van der Waals surface area contributed by atoms with Crippen LogP contribution in [0.3, 0.4) is 0 Å². The van der Waals surface area contributed by atoms with E-state index in [2.05, 4.69) is 15.6 Å². The number of carbonyl (C=O) groups excluding carboxylic acids is 2. The minimum Gasteiger partial charge on any atom is -0.435 e. The number of aromatic nitrogens is 1. The number of halogens is 3. The van der Waals surface area contributed by atoms with Crippen LogP contribution in [0.2, 0.25) is 0 Å². The predicted molar refractivity (Wildman–Crippen MR) is 166 cm³/mol. The molecule has 2 amide bonds. The highest BCUT2D eigenvalue weighted by molar-refractivity contribution is 7.92. The number of hydrogen-bond donors (Lipinski definition) is 3. The Hall–Kier alpha value is -4.85. The van der Waals surface area contributed by atoms with E-state index in [0.29, 0.717) is 40.7 Å². The van der Waals surface area contributed by atoms with Crippen LogP contribution in [0.15, 0.2) is 65.7 Å². The van der Waals surface area contributed by atoms with Gasteiger partial charge in [-0.3, -0.25) is 9.59 Å². The molecule has 14 heteroatoms. The van der Waals surface area contributed by atoms with E-state index in [1.165, 1.54) is 54.4 Å². The number of ether oxygens (including phenoxy) is 1. The molecule has 0 radical (unpaired) electrons. The van der Waals surface area contributed by atoms with E-state index < -0.39 is 45.4 Å². The first-order valence-corrected chi connectivity index (χ1v) is 16.0. The fourth-order valence-electron chi connectivity index (χ4n) is 5.60. The van der Waals surface area contributed by atoms with Crippen molar-refractivity contribution in [1.82, 2.24) is 9.88 Å². The maximum absolute atomic E-state index is 14.7. The van der Waals surface area contributed by atoms with Crippen molar-refractivity contribution in [2.75, 3.05) is 23.4 Å². The van der Waals surface area contributed by atoms with Crippen molar-refractivity contribution in [3.8, 4) is 5.75 Å². The molecule has 1 fully saturated rings. The number of fused-ring (bicyclic) bond motifs is 5. The molecular weight excluding hydrogens is 623 g/mol. The molecular formula is C32H30F3N5O5S. The Bertz CT molecular complexity index is 1970. The van der Waals surface area contributed by atoms with E-state index in [-0.39, 0.29) is 46.8 Å². The molecule has 4 N–H and O–H groups in total. The molecule has 1 aliphatic heterocycles. The maximum Gasteiger partial charge on any atom is 0.387 e. The summed E-state index contributed by atoms with van der Waals surface area (Å²) < 4.78 is 72.6. The van der Waals surface area contributed by atoms with Crippen LogP contribution in [-0.2, 0) is 32.4 Å². The van der Waals surface area contributed by atoms with Crippen molar-refractivity contribution in [2.45, 2.75) is 55.0 Å². The highest BCUT2D eigenvalue weighted by Gasteiger charge is 2.38. The van der Waals surface area contributed by atoms with Gasteiger partial charge in [0.25, 0.3) is 0 Å². The summed E-state index contributed by atoms with van der Waals surface area (Å²) in [6, 6.07) is 12.2. The molecule has 1 saturated carbocycles.